The van der Waals surface area contributed by atoms with Gasteiger partial charge in [-0.15, -0.1) is 0 Å². The summed E-state index contributed by atoms with van der Waals surface area (Å²) in [5.41, 5.74) is 0.841. The zero-order chi connectivity index (χ0) is 13.5. The lowest BCUT2D eigenvalue weighted by molar-refractivity contribution is -0.121. The monoisotopic (exact) mass is 280 g/mol. The molecule has 0 saturated carbocycles. The second kappa shape index (κ2) is 7.01. The van der Waals surface area contributed by atoms with Crippen LogP contribution in [0, 0.1) is 0 Å². The molecule has 0 saturated heterocycles. The first-order chi connectivity index (χ1) is 9.25. The van der Waals surface area contributed by atoms with E-state index in [1.807, 2.05) is 16.8 Å². The second-order valence-corrected chi connectivity index (χ2v) is 4.92. The minimum atomic E-state index is -0.634. The van der Waals surface area contributed by atoms with Crippen LogP contribution in [0.4, 0.5) is 0 Å². The van der Waals surface area contributed by atoms with E-state index in [9.17, 15) is 9.90 Å². The molecule has 2 aromatic rings. The molecule has 1 unspecified atom stereocenters. The molecule has 0 aromatic carbocycles. The number of nitrogens with zero attached hydrogens (tertiary/aromatic N) is 3. The molecule has 2 N–H and O–H groups in total. The number of aliphatic hydroxyl groups excluding tert-OH is 1. The highest BCUT2D eigenvalue weighted by Gasteiger charge is 2.09. The lowest BCUT2D eigenvalue weighted by Crippen LogP contribution is -2.28. The second-order valence-electron chi connectivity index (χ2n) is 4.14. The summed E-state index contributed by atoms with van der Waals surface area (Å²) in [4.78, 5) is 15.4. The van der Waals surface area contributed by atoms with E-state index in [-0.39, 0.29) is 12.5 Å². The minimum absolute atomic E-state index is 0.0607. The van der Waals surface area contributed by atoms with E-state index < -0.39 is 6.10 Å². The molecule has 2 rings (SSSR count). The van der Waals surface area contributed by atoms with E-state index in [2.05, 4.69) is 15.4 Å². The molecule has 0 spiro atoms. The summed E-state index contributed by atoms with van der Waals surface area (Å²) >= 11 is 1.53. The Morgan fingerprint density at radius 1 is 1.58 bits per heavy atom. The van der Waals surface area contributed by atoms with Gasteiger partial charge in [0.2, 0.25) is 5.91 Å². The molecular formula is C12H16N4O2S. The fourth-order valence-corrected chi connectivity index (χ4v) is 2.34. The van der Waals surface area contributed by atoms with E-state index in [0.717, 1.165) is 5.56 Å². The Hall–Kier alpha value is -1.73. The summed E-state index contributed by atoms with van der Waals surface area (Å²) in [6, 6.07) is 1.85. The Bertz CT molecular complexity index is 484. The molecular weight excluding hydrogens is 264 g/mol. The van der Waals surface area contributed by atoms with Gasteiger partial charge < -0.3 is 10.4 Å². The maximum absolute atomic E-state index is 11.6. The Balaban J connectivity index is 1.62. The van der Waals surface area contributed by atoms with E-state index in [4.69, 9.17) is 0 Å². The molecule has 1 atom stereocenters. The van der Waals surface area contributed by atoms with Gasteiger partial charge in [-0.05, 0) is 28.8 Å². The molecule has 6 nitrogen and oxygen atoms in total. The number of hydrogen-bond donors (Lipinski definition) is 2. The molecule has 0 fully saturated rings. The highest BCUT2D eigenvalue weighted by Crippen LogP contribution is 2.14. The van der Waals surface area contributed by atoms with Crippen LogP contribution in [0.15, 0.2) is 29.5 Å². The summed E-state index contributed by atoms with van der Waals surface area (Å²) in [7, 11) is 0. The van der Waals surface area contributed by atoms with E-state index in [0.29, 0.717) is 19.4 Å². The van der Waals surface area contributed by atoms with Gasteiger partial charge in [-0.3, -0.25) is 9.48 Å². The SMILES string of the molecule is O=C(CCCn1cncn1)NCC(O)c1ccsc1. The molecule has 0 aliphatic carbocycles. The number of amides is 1. The van der Waals surface area contributed by atoms with Gasteiger partial charge in [-0.1, -0.05) is 0 Å². The zero-order valence-corrected chi connectivity index (χ0v) is 11.2. The molecule has 19 heavy (non-hydrogen) atoms. The van der Waals surface area contributed by atoms with Crippen LogP contribution in [0.2, 0.25) is 0 Å². The lowest BCUT2D eigenvalue weighted by Gasteiger charge is -2.10. The van der Waals surface area contributed by atoms with Crippen molar-refractivity contribution in [2.24, 2.45) is 0 Å². The average Bonchev–Trinajstić information content (AvgIpc) is 3.08. The van der Waals surface area contributed by atoms with Crippen LogP contribution in [0.3, 0.4) is 0 Å². The van der Waals surface area contributed by atoms with Gasteiger partial charge in [0.15, 0.2) is 0 Å². The number of carbonyl (C=O) groups excluding carboxylic acids is 1. The summed E-state index contributed by atoms with van der Waals surface area (Å²) in [5, 5.41) is 20.3. The van der Waals surface area contributed by atoms with E-state index in [1.54, 1.807) is 11.0 Å². The van der Waals surface area contributed by atoms with Gasteiger partial charge in [0, 0.05) is 19.5 Å². The molecule has 2 aromatic heterocycles. The van der Waals surface area contributed by atoms with Crippen molar-refractivity contribution in [2.45, 2.75) is 25.5 Å². The van der Waals surface area contributed by atoms with Gasteiger partial charge in [-0.2, -0.15) is 16.4 Å². The Kier molecular flexibility index (Phi) is 5.05. The fraction of sp³-hybridized carbons (Fsp3) is 0.417. The molecule has 0 aliphatic rings. The van der Waals surface area contributed by atoms with Crippen molar-refractivity contribution in [1.29, 1.82) is 0 Å². The van der Waals surface area contributed by atoms with Crippen molar-refractivity contribution in [3.8, 4) is 0 Å². The fourth-order valence-electron chi connectivity index (χ4n) is 1.63. The van der Waals surface area contributed by atoms with Crippen LogP contribution in [0.5, 0.6) is 0 Å². The molecule has 0 radical (unpaired) electrons. The van der Waals surface area contributed by atoms with Crippen molar-refractivity contribution in [3.05, 3.63) is 35.0 Å². The first-order valence-electron chi connectivity index (χ1n) is 6.05. The highest BCUT2D eigenvalue weighted by molar-refractivity contribution is 7.07. The Morgan fingerprint density at radius 3 is 3.16 bits per heavy atom. The normalized spacial score (nSPS) is 12.3. The van der Waals surface area contributed by atoms with Gasteiger partial charge in [0.1, 0.15) is 12.7 Å². The summed E-state index contributed by atoms with van der Waals surface area (Å²) < 4.78 is 1.69. The van der Waals surface area contributed by atoms with Crippen molar-refractivity contribution in [3.63, 3.8) is 0 Å². The number of hydrogen-bond acceptors (Lipinski definition) is 5. The maximum Gasteiger partial charge on any atom is 0.220 e. The smallest absolute Gasteiger partial charge is 0.220 e. The summed E-state index contributed by atoms with van der Waals surface area (Å²) in [6.07, 6.45) is 3.57. The first kappa shape index (κ1) is 13.7. The van der Waals surface area contributed by atoms with Gasteiger partial charge in [0.25, 0.3) is 0 Å². The standard InChI is InChI=1S/C12H16N4O2S/c17-11(10-3-5-19-7-10)6-14-12(18)2-1-4-16-9-13-8-15-16/h3,5,7-9,11,17H,1-2,4,6H2,(H,14,18). The zero-order valence-electron chi connectivity index (χ0n) is 10.4. The molecule has 0 bridgehead atoms. The molecule has 2 heterocycles. The van der Waals surface area contributed by atoms with Crippen LogP contribution in [0.1, 0.15) is 24.5 Å². The Labute approximate surface area is 115 Å². The molecule has 1 amide bonds. The minimum Gasteiger partial charge on any atom is -0.387 e. The van der Waals surface area contributed by atoms with Crippen LogP contribution in [-0.2, 0) is 11.3 Å². The molecule has 7 heteroatoms. The van der Waals surface area contributed by atoms with Crippen molar-refractivity contribution in [2.75, 3.05) is 6.54 Å². The third-order valence-corrected chi connectivity index (χ3v) is 3.38. The number of rotatable bonds is 7. The number of carbonyl (C=O) groups is 1. The average molecular weight is 280 g/mol. The van der Waals surface area contributed by atoms with Gasteiger partial charge in [0.05, 0.1) is 6.10 Å². The van der Waals surface area contributed by atoms with Gasteiger partial charge >= 0.3 is 0 Å². The van der Waals surface area contributed by atoms with E-state index in [1.165, 1.54) is 17.7 Å². The van der Waals surface area contributed by atoms with Crippen molar-refractivity contribution in [1.82, 2.24) is 20.1 Å². The third kappa shape index (κ3) is 4.46. The Morgan fingerprint density at radius 2 is 2.47 bits per heavy atom. The largest absolute Gasteiger partial charge is 0.387 e. The van der Waals surface area contributed by atoms with Crippen molar-refractivity contribution >= 4 is 17.2 Å². The van der Waals surface area contributed by atoms with E-state index >= 15 is 0 Å². The molecule has 102 valence electrons. The highest BCUT2D eigenvalue weighted by atomic mass is 32.1. The quantitative estimate of drug-likeness (QED) is 0.792. The topological polar surface area (TPSA) is 80.0 Å². The third-order valence-electron chi connectivity index (χ3n) is 2.68. The van der Waals surface area contributed by atoms with Crippen LogP contribution >= 0.6 is 11.3 Å². The number of aromatic nitrogens is 3. The maximum atomic E-state index is 11.6. The van der Waals surface area contributed by atoms with Crippen LogP contribution in [-0.4, -0.2) is 32.3 Å². The van der Waals surface area contributed by atoms with Gasteiger partial charge in [-0.25, -0.2) is 4.98 Å². The number of thiophene rings is 1. The number of aliphatic hydroxyl groups is 1. The number of aryl methyl sites for hydroxylation is 1. The van der Waals surface area contributed by atoms with Crippen LogP contribution < -0.4 is 5.32 Å². The van der Waals surface area contributed by atoms with Crippen LogP contribution in [0.25, 0.3) is 0 Å². The summed E-state index contributed by atoms with van der Waals surface area (Å²) in [6.45, 7) is 0.916. The van der Waals surface area contributed by atoms with Crippen molar-refractivity contribution < 1.29 is 9.90 Å². The number of nitrogens with one attached hydrogen (secondary N) is 1. The first-order valence-corrected chi connectivity index (χ1v) is 6.99. The molecule has 0 aliphatic heterocycles. The predicted molar refractivity (Wildman–Crippen MR) is 71.5 cm³/mol. The lowest BCUT2D eigenvalue weighted by atomic mass is 10.2. The predicted octanol–water partition coefficient (Wildman–Crippen LogP) is 0.970. The summed E-state index contributed by atoms with van der Waals surface area (Å²) in [5.74, 6) is -0.0607.